The van der Waals surface area contributed by atoms with Crippen LogP contribution in [0.4, 0.5) is 10.9 Å². The number of thiazole rings is 1. The summed E-state index contributed by atoms with van der Waals surface area (Å²) in [5.41, 5.74) is 6.77. The fraction of sp³-hybridized carbons (Fsp3) is 0. The van der Waals surface area contributed by atoms with Crippen LogP contribution >= 0.6 is 22.9 Å². The highest BCUT2D eigenvalue weighted by Gasteiger charge is 2.12. The lowest BCUT2D eigenvalue weighted by molar-refractivity contribution is 0.102. The van der Waals surface area contributed by atoms with Gasteiger partial charge in [0.25, 0.3) is 5.91 Å². The third-order valence-electron chi connectivity index (χ3n) is 2.65. The van der Waals surface area contributed by atoms with E-state index in [4.69, 9.17) is 17.3 Å². The molecule has 0 aliphatic carbocycles. The number of rotatable bonds is 2. The van der Waals surface area contributed by atoms with E-state index in [1.54, 1.807) is 18.2 Å². The Kier molecular flexibility index (Phi) is 3.25. The molecular formula is C13H9ClN4OS. The Morgan fingerprint density at radius 3 is 3.00 bits per heavy atom. The van der Waals surface area contributed by atoms with E-state index in [2.05, 4.69) is 15.3 Å². The molecule has 0 fully saturated rings. The number of aromatic nitrogens is 2. The number of nitrogens with two attached hydrogens (primary N) is 1. The number of hydrogen-bond donors (Lipinski definition) is 2. The van der Waals surface area contributed by atoms with Gasteiger partial charge in [-0.2, -0.15) is 0 Å². The van der Waals surface area contributed by atoms with Crippen LogP contribution < -0.4 is 11.1 Å². The molecule has 20 heavy (non-hydrogen) atoms. The molecule has 100 valence electrons. The second-order valence-corrected chi connectivity index (χ2v) is 5.49. The number of benzene rings is 1. The van der Waals surface area contributed by atoms with Crippen molar-refractivity contribution in [1.82, 2.24) is 9.97 Å². The lowest BCUT2D eigenvalue weighted by Crippen LogP contribution is -2.14. The molecule has 3 rings (SSSR count). The lowest BCUT2D eigenvalue weighted by Gasteiger charge is -2.03. The maximum Gasteiger partial charge on any atom is 0.261 e. The summed E-state index contributed by atoms with van der Waals surface area (Å²) in [6, 6.07) is 8.64. The first-order chi connectivity index (χ1) is 9.63. The molecule has 2 aromatic heterocycles. The quantitative estimate of drug-likeness (QED) is 0.762. The van der Waals surface area contributed by atoms with Gasteiger partial charge in [0.1, 0.15) is 5.82 Å². The number of nitrogens with one attached hydrogen (secondary N) is 1. The summed E-state index contributed by atoms with van der Waals surface area (Å²) in [5, 5.41) is 3.84. The first-order valence-corrected chi connectivity index (χ1v) is 6.91. The zero-order valence-electron chi connectivity index (χ0n) is 10.1. The maximum atomic E-state index is 12.1. The van der Waals surface area contributed by atoms with E-state index in [1.807, 2.05) is 12.1 Å². The van der Waals surface area contributed by atoms with Crippen LogP contribution in [0.25, 0.3) is 10.2 Å². The van der Waals surface area contributed by atoms with Crippen molar-refractivity contribution in [2.75, 3.05) is 11.1 Å². The van der Waals surface area contributed by atoms with E-state index in [9.17, 15) is 4.79 Å². The van der Waals surface area contributed by atoms with Crippen molar-refractivity contribution in [3.63, 3.8) is 0 Å². The van der Waals surface area contributed by atoms with Gasteiger partial charge in [-0.05, 0) is 30.3 Å². The van der Waals surface area contributed by atoms with E-state index in [0.717, 1.165) is 10.2 Å². The molecule has 0 aliphatic rings. The molecule has 0 spiro atoms. The maximum absolute atomic E-state index is 12.1. The van der Waals surface area contributed by atoms with Crippen LogP contribution in [-0.2, 0) is 0 Å². The molecule has 3 aromatic rings. The topological polar surface area (TPSA) is 80.9 Å². The Balaban J connectivity index is 1.89. The summed E-state index contributed by atoms with van der Waals surface area (Å²) in [4.78, 5) is 20.3. The highest BCUT2D eigenvalue weighted by atomic mass is 35.5. The Labute approximate surface area is 123 Å². The molecule has 1 aromatic carbocycles. The molecule has 2 heterocycles. The largest absolute Gasteiger partial charge is 0.383 e. The predicted molar refractivity (Wildman–Crippen MR) is 81.2 cm³/mol. The van der Waals surface area contributed by atoms with E-state index in [1.165, 1.54) is 17.5 Å². The van der Waals surface area contributed by atoms with E-state index < -0.39 is 0 Å². The molecule has 0 aliphatic heterocycles. The van der Waals surface area contributed by atoms with Crippen molar-refractivity contribution in [1.29, 1.82) is 0 Å². The molecule has 0 unspecified atom stereocenters. The number of carbonyl (C=O) groups excluding carboxylic acids is 1. The summed E-state index contributed by atoms with van der Waals surface area (Å²) in [6.07, 6.45) is 1.53. The summed E-state index contributed by atoms with van der Waals surface area (Å²) in [6.45, 7) is 0. The normalized spacial score (nSPS) is 10.7. The minimum absolute atomic E-state index is 0.189. The third-order valence-corrected chi connectivity index (χ3v) is 3.82. The molecule has 5 nitrogen and oxygen atoms in total. The molecule has 0 atom stereocenters. The van der Waals surface area contributed by atoms with Gasteiger partial charge in [-0.25, -0.2) is 9.97 Å². The van der Waals surface area contributed by atoms with Gasteiger partial charge < -0.3 is 5.73 Å². The van der Waals surface area contributed by atoms with Crippen LogP contribution in [-0.4, -0.2) is 15.9 Å². The molecule has 0 radical (unpaired) electrons. The minimum atomic E-state index is -0.333. The summed E-state index contributed by atoms with van der Waals surface area (Å²) in [5.74, 6) is -0.144. The van der Waals surface area contributed by atoms with Crippen molar-refractivity contribution < 1.29 is 4.79 Å². The molecular weight excluding hydrogens is 296 g/mol. The van der Waals surface area contributed by atoms with Crippen molar-refractivity contribution in [3.05, 3.63) is 47.1 Å². The third kappa shape index (κ3) is 2.43. The van der Waals surface area contributed by atoms with Crippen LogP contribution in [0.3, 0.4) is 0 Å². The Morgan fingerprint density at radius 1 is 1.35 bits per heavy atom. The molecule has 3 N–H and O–H groups in total. The smallest absolute Gasteiger partial charge is 0.261 e. The Bertz CT molecular complexity index is 802. The van der Waals surface area contributed by atoms with Crippen LogP contribution in [0.2, 0.25) is 5.02 Å². The van der Waals surface area contributed by atoms with Gasteiger partial charge in [0, 0.05) is 11.2 Å². The molecule has 0 saturated carbocycles. The molecule has 1 amide bonds. The Morgan fingerprint density at radius 2 is 2.20 bits per heavy atom. The highest BCUT2D eigenvalue weighted by molar-refractivity contribution is 7.22. The van der Waals surface area contributed by atoms with Crippen molar-refractivity contribution in [3.8, 4) is 0 Å². The number of carbonyl (C=O) groups is 1. The van der Waals surface area contributed by atoms with E-state index in [0.29, 0.717) is 15.7 Å². The molecule has 0 bridgehead atoms. The number of amides is 1. The fourth-order valence-electron chi connectivity index (χ4n) is 1.73. The number of halogens is 1. The van der Waals surface area contributed by atoms with Crippen LogP contribution in [0.5, 0.6) is 0 Å². The van der Waals surface area contributed by atoms with Crippen molar-refractivity contribution in [2.24, 2.45) is 0 Å². The fourth-order valence-corrected chi connectivity index (χ4v) is 2.86. The van der Waals surface area contributed by atoms with Crippen LogP contribution in [0.15, 0.2) is 36.5 Å². The average Bonchev–Trinajstić information content (AvgIpc) is 2.80. The number of anilines is 2. The Hall–Kier alpha value is -2.18. The number of hydrogen-bond acceptors (Lipinski definition) is 5. The number of pyridine rings is 1. The lowest BCUT2D eigenvalue weighted by atomic mass is 10.2. The summed E-state index contributed by atoms with van der Waals surface area (Å²) >= 11 is 7.27. The van der Waals surface area contributed by atoms with Gasteiger partial charge in [-0.15, -0.1) is 0 Å². The molecule has 0 saturated heterocycles. The zero-order valence-corrected chi connectivity index (χ0v) is 11.7. The first kappa shape index (κ1) is 12.8. The molecule has 7 heteroatoms. The number of nitrogen functional groups attached to an aromatic ring is 1. The van der Waals surface area contributed by atoms with Gasteiger partial charge in [-0.1, -0.05) is 22.9 Å². The van der Waals surface area contributed by atoms with Crippen LogP contribution in [0, 0.1) is 0 Å². The standard InChI is InChI=1S/C13H9ClN4OS/c14-7-3-4-9-10(6-7)20-13(17-9)18-12(19)8-2-1-5-16-11(8)15/h1-6H,(H2,15,16)(H,17,18,19). The van der Waals surface area contributed by atoms with Gasteiger partial charge in [0.2, 0.25) is 0 Å². The second-order valence-electron chi connectivity index (χ2n) is 4.02. The summed E-state index contributed by atoms with van der Waals surface area (Å²) in [7, 11) is 0. The summed E-state index contributed by atoms with van der Waals surface area (Å²) < 4.78 is 0.909. The number of fused-ring (bicyclic) bond motifs is 1. The predicted octanol–water partition coefficient (Wildman–Crippen LogP) is 3.18. The van der Waals surface area contributed by atoms with Crippen molar-refractivity contribution in [2.45, 2.75) is 0 Å². The van der Waals surface area contributed by atoms with Gasteiger partial charge >= 0.3 is 0 Å². The minimum Gasteiger partial charge on any atom is -0.383 e. The number of nitrogens with zero attached hydrogens (tertiary/aromatic N) is 2. The zero-order chi connectivity index (χ0) is 14.1. The first-order valence-electron chi connectivity index (χ1n) is 5.71. The van der Waals surface area contributed by atoms with Crippen molar-refractivity contribution >= 4 is 50.0 Å². The van der Waals surface area contributed by atoms with E-state index >= 15 is 0 Å². The second kappa shape index (κ2) is 5.07. The average molecular weight is 305 g/mol. The SMILES string of the molecule is Nc1ncccc1C(=O)Nc1nc2ccc(Cl)cc2s1. The van der Waals surface area contributed by atoms with Gasteiger partial charge in [0.05, 0.1) is 15.8 Å². The van der Waals surface area contributed by atoms with E-state index in [-0.39, 0.29) is 11.7 Å². The monoisotopic (exact) mass is 304 g/mol. The highest BCUT2D eigenvalue weighted by Crippen LogP contribution is 2.28. The van der Waals surface area contributed by atoms with Gasteiger partial charge in [0.15, 0.2) is 5.13 Å². The van der Waals surface area contributed by atoms with Crippen LogP contribution in [0.1, 0.15) is 10.4 Å². The van der Waals surface area contributed by atoms with Gasteiger partial charge in [-0.3, -0.25) is 10.1 Å².